The summed E-state index contributed by atoms with van der Waals surface area (Å²) in [5.74, 6) is 0.824. The first-order valence-corrected chi connectivity index (χ1v) is 3.62. The highest BCUT2D eigenvalue weighted by Gasteiger charge is 2.04. The number of hydrogen-bond acceptors (Lipinski definition) is 3. The minimum atomic E-state index is 0.744. The van der Waals surface area contributed by atoms with E-state index in [0.29, 0.717) is 0 Å². The first-order valence-electron chi connectivity index (χ1n) is 3.62. The van der Waals surface area contributed by atoms with Crippen LogP contribution in [-0.2, 0) is 0 Å². The Morgan fingerprint density at radius 2 is 2.33 bits per heavy atom. The first kappa shape index (κ1) is 7.16. The van der Waals surface area contributed by atoms with Crippen molar-refractivity contribution in [2.75, 3.05) is 7.11 Å². The van der Waals surface area contributed by atoms with E-state index in [4.69, 9.17) is 9.15 Å². The molecule has 1 aromatic heterocycles. The molecule has 12 heavy (non-hydrogen) atoms. The van der Waals surface area contributed by atoms with Gasteiger partial charge in [0.2, 0.25) is 0 Å². The van der Waals surface area contributed by atoms with Crippen molar-refractivity contribution in [3.63, 3.8) is 0 Å². The Balaban J connectivity index is 2.73. The number of oxazole rings is 1. The third kappa shape index (κ3) is 0.942. The highest BCUT2D eigenvalue weighted by atomic mass is 16.5. The maximum absolute atomic E-state index is 5.13. The van der Waals surface area contributed by atoms with E-state index in [1.807, 2.05) is 19.1 Å². The molecule has 1 aromatic carbocycles. The summed E-state index contributed by atoms with van der Waals surface area (Å²) >= 11 is 0. The number of rotatable bonds is 1. The van der Waals surface area contributed by atoms with Crippen LogP contribution in [0.5, 0.6) is 5.75 Å². The summed E-state index contributed by atoms with van der Waals surface area (Å²) in [4.78, 5) is 3.90. The van der Waals surface area contributed by atoms with E-state index in [1.165, 1.54) is 0 Å². The number of hydrogen-bond donors (Lipinski definition) is 0. The van der Waals surface area contributed by atoms with Crippen molar-refractivity contribution in [2.24, 2.45) is 0 Å². The molecule has 0 spiro atoms. The summed E-state index contributed by atoms with van der Waals surface area (Å²) in [6, 6.07) is 3.72. The molecular weight excluding hydrogens is 154 g/mol. The minimum Gasteiger partial charge on any atom is -0.496 e. The second-order valence-electron chi connectivity index (χ2n) is 2.59. The van der Waals surface area contributed by atoms with Gasteiger partial charge in [0.25, 0.3) is 6.39 Å². The van der Waals surface area contributed by atoms with Gasteiger partial charge in [-0.2, -0.15) is 0 Å². The van der Waals surface area contributed by atoms with E-state index in [1.54, 1.807) is 7.11 Å². The third-order valence-corrected chi connectivity index (χ3v) is 1.80. The Labute approximate surface area is 70.0 Å². The van der Waals surface area contributed by atoms with Gasteiger partial charge in [-0.25, -0.2) is 4.98 Å². The summed E-state index contributed by atoms with van der Waals surface area (Å²) in [5.41, 5.74) is 2.56. The number of benzene rings is 1. The van der Waals surface area contributed by atoms with E-state index >= 15 is 0 Å². The summed E-state index contributed by atoms with van der Waals surface area (Å²) in [7, 11) is 1.64. The van der Waals surface area contributed by atoms with Crippen LogP contribution in [0.25, 0.3) is 11.1 Å². The molecule has 0 atom stereocenters. The second-order valence-corrected chi connectivity index (χ2v) is 2.59. The summed E-state index contributed by atoms with van der Waals surface area (Å²) in [6.45, 7) is 1.96. The summed E-state index contributed by atoms with van der Waals surface area (Å²) in [5, 5.41) is 0. The summed E-state index contributed by atoms with van der Waals surface area (Å²) < 4.78 is 10.1. The van der Waals surface area contributed by atoms with Crippen LogP contribution in [0.15, 0.2) is 16.5 Å². The second kappa shape index (κ2) is 2.52. The Kier molecular flexibility index (Phi) is 1.50. The molecular formula is C9H8NO2. The molecule has 2 rings (SSSR count). The average Bonchev–Trinajstić information content (AvgIpc) is 2.49. The maximum Gasteiger partial charge on any atom is 0.284 e. The van der Waals surface area contributed by atoms with Gasteiger partial charge in [0, 0.05) is 6.07 Å². The predicted molar refractivity (Wildman–Crippen MR) is 44.1 cm³/mol. The van der Waals surface area contributed by atoms with Crippen LogP contribution in [0.1, 0.15) is 5.56 Å². The maximum atomic E-state index is 5.13. The lowest BCUT2D eigenvalue weighted by Gasteiger charge is -2.01. The molecule has 0 bridgehead atoms. The Morgan fingerprint density at radius 1 is 1.50 bits per heavy atom. The zero-order valence-corrected chi connectivity index (χ0v) is 6.92. The Hall–Kier alpha value is -1.51. The van der Waals surface area contributed by atoms with Gasteiger partial charge < -0.3 is 9.15 Å². The average molecular weight is 162 g/mol. The van der Waals surface area contributed by atoms with Crippen molar-refractivity contribution in [1.29, 1.82) is 0 Å². The predicted octanol–water partition coefficient (Wildman–Crippen LogP) is 1.95. The smallest absolute Gasteiger partial charge is 0.284 e. The van der Waals surface area contributed by atoms with Crippen LogP contribution in [0.4, 0.5) is 0 Å². The molecule has 0 fully saturated rings. The van der Waals surface area contributed by atoms with Crippen molar-refractivity contribution in [2.45, 2.75) is 6.92 Å². The fourth-order valence-electron chi connectivity index (χ4n) is 1.16. The van der Waals surface area contributed by atoms with Gasteiger partial charge in [0.15, 0.2) is 5.58 Å². The molecule has 0 aliphatic heterocycles. The molecule has 0 unspecified atom stereocenters. The molecule has 0 saturated carbocycles. The van der Waals surface area contributed by atoms with Gasteiger partial charge in [-0.05, 0) is 18.6 Å². The van der Waals surface area contributed by atoms with Crippen molar-refractivity contribution in [3.8, 4) is 5.75 Å². The number of nitrogens with zero attached hydrogens (tertiary/aromatic N) is 1. The van der Waals surface area contributed by atoms with Gasteiger partial charge in [0.1, 0.15) is 11.3 Å². The van der Waals surface area contributed by atoms with Crippen molar-refractivity contribution >= 4 is 11.1 Å². The van der Waals surface area contributed by atoms with Crippen LogP contribution in [0.2, 0.25) is 0 Å². The quantitative estimate of drug-likeness (QED) is 0.642. The number of ether oxygens (including phenoxy) is 1. The molecule has 0 amide bonds. The fraction of sp³-hybridized carbons (Fsp3) is 0.222. The van der Waals surface area contributed by atoms with E-state index in [2.05, 4.69) is 11.4 Å². The molecule has 1 heterocycles. The number of methoxy groups -OCH3 is 1. The molecule has 0 N–H and O–H groups in total. The zero-order valence-electron chi connectivity index (χ0n) is 6.92. The monoisotopic (exact) mass is 162 g/mol. The standard InChI is InChI=1S/C9H8NO2/c1-6-3-9-7(10-5-12-9)4-8(6)11-2/h3-4H,1-2H3. The highest BCUT2D eigenvalue weighted by Crippen LogP contribution is 2.23. The van der Waals surface area contributed by atoms with Crippen molar-refractivity contribution in [1.82, 2.24) is 4.98 Å². The molecule has 0 saturated heterocycles. The zero-order chi connectivity index (χ0) is 8.55. The van der Waals surface area contributed by atoms with E-state index in [9.17, 15) is 0 Å². The van der Waals surface area contributed by atoms with E-state index < -0.39 is 0 Å². The number of aryl methyl sites for hydroxylation is 1. The first-order chi connectivity index (χ1) is 5.81. The van der Waals surface area contributed by atoms with Crippen LogP contribution < -0.4 is 4.74 Å². The Bertz CT molecular complexity index is 406. The van der Waals surface area contributed by atoms with Crippen LogP contribution >= 0.6 is 0 Å². The van der Waals surface area contributed by atoms with Gasteiger partial charge in [-0.3, -0.25) is 0 Å². The lowest BCUT2D eigenvalue weighted by Crippen LogP contribution is -1.86. The van der Waals surface area contributed by atoms with Crippen molar-refractivity contribution < 1.29 is 9.15 Å². The molecule has 2 aromatic rings. The number of aromatic nitrogens is 1. The molecule has 1 radical (unpaired) electrons. The minimum absolute atomic E-state index is 0.744. The SMILES string of the molecule is COc1cc2n[c]oc2cc1C. The molecule has 0 aliphatic carbocycles. The van der Waals surface area contributed by atoms with Crippen LogP contribution in [0, 0.1) is 13.3 Å². The normalized spacial score (nSPS) is 10.5. The molecule has 3 nitrogen and oxygen atoms in total. The van der Waals surface area contributed by atoms with Gasteiger partial charge in [-0.15, -0.1) is 0 Å². The Morgan fingerprint density at radius 3 is 3.08 bits per heavy atom. The van der Waals surface area contributed by atoms with Gasteiger partial charge in [0.05, 0.1) is 7.11 Å². The topological polar surface area (TPSA) is 35.3 Å². The lowest BCUT2D eigenvalue weighted by atomic mass is 10.2. The molecule has 0 aliphatic rings. The van der Waals surface area contributed by atoms with Gasteiger partial charge in [-0.1, -0.05) is 0 Å². The van der Waals surface area contributed by atoms with Crippen molar-refractivity contribution in [3.05, 3.63) is 24.1 Å². The highest BCUT2D eigenvalue weighted by molar-refractivity contribution is 5.75. The van der Waals surface area contributed by atoms with Crippen LogP contribution in [0.3, 0.4) is 0 Å². The third-order valence-electron chi connectivity index (χ3n) is 1.80. The molecule has 3 heteroatoms. The molecule has 61 valence electrons. The van der Waals surface area contributed by atoms with Gasteiger partial charge >= 0.3 is 0 Å². The number of fused-ring (bicyclic) bond motifs is 1. The lowest BCUT2D eigenvalue weighted by molar-refractivity contribution is 0.412. The largest absolute Gasteiger partial charge is 0.496 e. The van der Waals surface area contributed by atoms with E-state index in [-0.39, 0.29) is 0 Å². The fourth-order valence-corrected chi connectivity index (χ4v) is 1.16. The summed E-state index contributed by atoms with van der Waals surface area (Å²) in [6.07, 6.45) is 2.44. The van der Waals surface area contributed by atoms with E-state index in [0.717, 1.165) is 22.4 Å². The van der Waals surface area contributed by atoms with Crippen LogP contribution in [-0.4, -0.2) is 12.1 Å².